The number of hydrogen-bond acceptors (Lipinski definition) is 4. The van der Waals surface area contributed by atoms with E-state index < -0.39 is 0 Å². The molecular formula is C20H25N3O2. The molecule has 1 saturated carbocycles. The molecule has 2 heterocycles. The molecule has 5 nitrogen and oxygen atoms in total. The molecule has 2 aromatic rings. The summed E-state index contributed by atoms with van der Waals surface area (Å²) in [7, 11) is 1.50. The average molecular weight is 339 g/mol. The summed E-state index contributed by atoms with van der Waals surface area (Å²) in [6.45, 7) is 0.758. The number of benzene rings is 1. The third-order valence-corrected chi connectivity index (χ3v) is 5.72. The fourth-order valence-electron chi connectivity index (χ4n) is 4.52. The summed E-state index contributed by atoms with van der Waals surface area (Å²) in [5, 5.41) is 4.50. The lowest BCUT2D eigenvalue weighted by atomic mass is 9.84. The van der Waals surface area contributed by atoms with Crippen LogP contribution in [0.15, 0.2) is 42.7 Å². The smallest absolute Gasteiger partial charge is 0.323 e. The molecule has 0 amide bonds. The molecule has 1 aliphatic heterocycles. The number of carbonyl (C=O) groups excluding carboxylic acids is 1. The highest BCUT2D eigenvalue weighted by Gasteiger charge is 2.45. The van der Waals surface area contributed by atoms with Gasteiger partial charge in [0.1, 0.15) is 6.04 Å². The fraction of sp³-hybridized carbons (Fsp3) is 0.500. The first-order chi connectivity index (χ1) is 12.3. The third-order valence-electron chi connectivity index (χ3n) is 5.72. The zero-order valence-corrected chi connectivity index (χ0v) is 14.7. The number of ether oxygens (including phenoxy) is 1. The fourth-order valence-corrected chi connectivity index (χ4v) is 4.52. The van der Waals surface area contributed by atoms with Crippen molar-refractivity contribution in [3.63, 3.8) is 0 Å². The number of fused-ring (bicyclic) bond motifs is 1. The molecule has 1 aliphatic carbocycles. The first-order valence-electron chi connectivity index (χ1n) is 9.19. The van der Waals surface area contributed by atoms with Crippen LogP contribution in [-0.2, 0) is 16.1 Å². The van der Waals surface area contributed by atoms with Crippen LogP contribution in [0.2, 0.25) is 0 Å². The Morgan fingerprint density at radius 2 is 2.04 bits per heavy atom. The number of hydrogen-bond donors (Lipinski definition) is 0. The van der Waals surface area contributed by atoms with Crippen molar-refractivity contribution < 1.29 is 9.53 Å². The molecule has 0 spiro atoms. The molecule has 0 N–H and O–H groups in total. The van der Waals surface area contributed by atoms with Crippen LogP contribution >= 0.6 is 0 Å². The van der Waals surface area contributed by atoms with Gasteiger partial charge in [-0.05, 0) is 37.3 Å². The highest BCUT2D eigenvalue weighted by molar-refractivity contribution is 5.76. The summed E-state index contributed by atoms with van der Waals surface area (Å²) in [6.07, 6.45) is 9.88. The molecule has 0 radical (unpaired) electrons. The van der Waals surface area contributed by atoms with Crippen LogP contribution in [0.3, 0.4) is 0 Å². The third kappa shape index (κ3) is 3.21. The first kappa shape index (κ1) is 16.3. The van der Waals surface area contributed by atoms with Crippen LogP contribution in [0.25, 0.3) is 5.69 Å². The normalized spacial score (nSPS) is 26.4. The van der Waals surface area contributed by atoms with Gasteiger partial charge in [0.15, 0.2) is 0 Å². The lowest BCUT2D eigenvalue weighted by Crippen LogP contribution is -2.42. The van der Waals surface area contributed by atoms with Gasteiger partial charge >= 0.3 is 5.97 Å². The van der Waals surface area contributed by atoms with Gasteiger partial charge in [-0.3, -0.25) is 9.69 Å². The Morgan fingerprint density at radius 1 is 1.24 bits per heavy atom. The standard InChI is InChI=1S/C20H25N3O2/c1-25-20(24)19-11-16-7-5-6-10-18(16)22(19)13-15-12-21-23(14-15)17-8-3-2-4-9-17/h2-4,8-9,12,14,16,18-19H,5-7,10-11,13H2,1H3. The Morgan fingerprint density at radius 3 is 2.84 bits per heavy atom. The first-order valence-corrected chi connectivity index (χ1v) is 9.19. The number of esters is 1. The van der Waals surface area contributed by atoms with Gasteiger partial charge in [-0.25, -0.2) is 4.68 Å². The monoisotopic (exact) mass is 339 g/mol. The highest BCUT2D eigenvalue weighted by Crippen LogP contribution is 2.40. The van der Waals surface area contributed by atoms with E-state index in [9.17, 15) is 4.79 Å². The van der Waals surface area contributed by atoms with E-state index in [0.717, 1.165) is 24.2 Å². The predicted molar refractivity (Wildman–Crippen MR) is 95.3 cm³/mol. The zero-order valence-electron chi connectivity index (χ0n) is 14.7. The van der Waals surface area contributed by atoms with Crippen molar-refractivity contribution in [2.24, 2.45) is 5.92 Å². The second kappa shape index (κ2) is 7.00. The minimum absolute atomic E-state index is 0.0927. The highest BCUT2D eigenvalue weighted by atomic mass is 16.5. The Balaban J connectivity index is 1.55. The number of nitrogens with zero attached hydrogens (tertiary/aromatic N) is 3. The summed E-state index contributed by atoms with van der Waals surface area (Å²) < 4.78 is 6.98. The molecule has 4 rings (SSSR count). The van der Waals surface area contributed by atoms with E-state index in [1.807, 2.05) is 41.2 Å². The molecule has 5 heteroatoms. The zero-order chi connectivity index (χ0) is 17.2. The molecular weight excluding hydrogens is 314 g/mol. The maximum absolute atomic E-state index is 12.3. The topological polar surface area (TPSA) is 47.4 Å². The van der Waals surface area contributed by atoms with E-state index >= 15 is 0 Å². The lowest BCUT2D eigenvalue weighted by molar-refractivity contribution is -0.146. The molecule has 1 saturated heterocycles. The number of para-hydroxylation sites is 1. The number of aromatic nitrogens is 2. The van der Waals surface area contributed by atoms with E-state index in [0.29, 0.717) is 12.0 Å². The van der Waals surface area contributed by atoms with Crippen molar-refractivity contribution in [1.29, 1.82) is 0 Å². The second-order valence-corrected chi connectivity index (χ2v) is 7.19. The Labute approximate surface area is 148 Å². The summed E-state index contributed by atoms with van der Waals surface area (Å²) in [6, 6.07) is 10.5. The number of likely N-dealkylation sites (tertiary alicyclic amines) is 1. The van der Waals surface area contributed by atoms with Crippen LogP contribution in [0, 0.1) is 5.92 Å². The van der Waals surface area contributed by atoms with Crippen molar-refractivity contribution >= 4 is 5.97 Å². The van der Waals surface area contributed by atoms with Gasteiger partial charge in [-0.2, -0.15) is 5.10 Å². The van der Waals surface area contributed by atoms with Crippen LogP contribution < -0.4 is 0 Å². The number of carbonyl (C=O) groups is 1. The Bertz CT molecular complexity index is 728. The minimum Gasteiger partial charge on any atom is -0.468 e. The molecule has 25 heavy (non-hydrogen) atoms. The van der Waals surface area contributed by atoms with Gasteiger partial charge in [-0.15, -0.1) is 0 Å². The van der Waals surface area contributed by atoms with Crippen molar-refractivity contribution in [2.75, 3.05) is 7.11 Å². The van der Waals surface area contributed by atoms with Crippen molar-refractivity contribution in [1.82, 2.24) is 14.7 Å². The maximum Gasteiger partial charge on any atom is 0.323 e. The lowest BCUT2D eigenvalue weighted by Gasteiger charge is -2.32. The van der Waals surface area contributed by atoms with E-state index in [2.05, 4.69) is 16.2 Å². The average Bonchev–Trinajstić information content (AvgIpc) is 3.27. The van der Waals surface area contributed by atoms with Crippen molar-refractivity contribution in [3.05, 3.63) is 48.3 Å². The minimum atomic E-state index is -0.113. The predicted octanol–water partition coefficient (Wildman–Crippen LogP) is 3.18. The SMILES string of the molecule is COC(=O)C1CC2CCCCC2N1Cc1cnn(-c2ccccc2)c1. The molecule has 132 valence electrons. The van der Waals surface area contributed by atoms with Gasteiger partial charge in [0, 0.05) is 24.3 Å². The molecule has 0 bridgehead atoms. The van der Waals surface area contributed by atoms with E-state index in [1.54, 1.807) is 0 Å². The van der Waals surface area contributed by atoms with Gasteiger partial charge < -0.3 is 4.74 Å². The van der Waals surface area contributed by atoms with Gasteiger partial charge in [0.25, 0.3) is 0 Å². The quantitative estimate of drug-likeness (QED) is 0.803. The molecule has 3 unspecified atom stereocenters. The molecule has 1 aromatic carbocycles. The largest absolute Gasteiger partial charge is 0.468 e. The van der Waals surface area contributed by atoms with Crippen LogP contribution in [0.4, 0.5) is 0 Å². The van der Waals surface area contributed by atoms with Gasteiger partial charge in [-0.1, -0.05) is 31.0 Å². The summed E-state index contributed by atoms with van der Waals surface area (Å²) in [5.74, 6) is 0.534. The van der Waals surface area contributed by atoms with E-state index in [-0.39, 0.29) is 12.0 Å². The van der Waals surface area contributed by atoms with E-state index in [1.165, 1.54) is 32.8 Å². The van der Waals surface area contributed by atoms with Crippen LogP contribution in [0.1, 0.15) is 37.7 Å². The Hall–Kier alpha value is -2.14. The summed E-state index contributed by atoms with van der Waals surface area (Å²) in [5.41, 5.74) is 2.19. The summed E-state index contributed by atoms with van der Waals surface area (Å²) >= 11 is 0. The van der Waals surface area contributed by atoms with Crippen molar-refractivity contribution in [2.45, 2.75) is 50.7 Å². The second-order valence-electron chi connectivity index (χ2n) is 7.19. The molecule has 1 aromatic heterocycles. The maximum atomic E-state index is 12.3. The molecule has 3 atom stereocenters. The van der Waals surface area contributed by atoms with Gasteiger partial charge in [0.05, 0.1) is 19.0 Å². The molecule has 2 fully saturated rings. The van der Waals surface area contributed by atoms with Crippen LogP contribution in [0.5, 0.6) is 0 Å². The van der Waals surface area contributed by atoms with Crippen LogP contribution in [-0.4, -0.2) is 39.8 Å². The Kier molecular flexibility index (Phi) is 4.57. The molecule has 2 aliphatic rings. The van der Waals surface area contributed by atoms with Crippen molar-refractivity contribution in [3.8, 4) is 5.69 Å². The van der Waals surface area contributed by atoms with E-state index in [4.69, 9.17) is 4.74 Å². The number of rotatable bonds is 4. The van der Waals surface area contributed by atoms with Gasteiger partial charge in [0.2, 0.25) is 0 Å². The number of methoxy groups -OCH3 is 1. The summed E-state index contributed by atoms with van der Waals surface area (Å²) in [4.78, 5) is 14.7.